The molecule has 198 valence electrons. The van der Waals surface area contributed by atoms with E-state index in [9.17, 15) is 14.1 Å². The quantitative estimate of drug-likeness (QED) is 0.140. The van der Waals surface area contributed by atoms with Gasteiger partial charge in [0, 0.05) is 39.4 Å². The van der Waals surface area contributed by atoms with Gasteiger partial charge in [-0.25, -0.2) is 10.6 Å². The summed E-state index contributed by atoms with van der Waals surface area (Å²) in [6, 6.07) is 14.5. The molecule has 0 radical (unpaired) electrons. The molecule has 3 amide bonds. The van der Waals surface area contributed by atoms with E-state index in [1.807, 2.05) is 31.4 Å². The molecule has 3 aromatic carbocycles. The van der Waals surface area contributed by atoms with E-state index in [1.54, 1.807) is 55.6 Å². The normalized spacial score (nSPS) is 11.9. The van der Waals surface area contributed by atoms with Crippen molar-refractivity contribution in [3.8, 4) is 5.75 Å². The number of amides is 3. The molecule has 0 fully saturated rings. The topological polar surface area (TPSA) is 126 Å². The predicted molar refractivity (Wildman–Crippen MR) is 149 cm³/mol. The van der Waals surface area contributed by atoms with Crippen LogP contribution in [-0.4, -0.2) is 38.2 Å². The minimum Gasteiger partial charge on any atom is -0.609 e. The van der Waals surface area contributed by atoms with Gasteiger partial charge in [-0.05, 0) is 62.7 Å². The number of carbonyl (C=O) groups is 2. The van der Waals surface area contributed by atoms with Crippen molar-refractivity contribution in [1.82, 2.24) is 14.6 Å². The number of halogens is 1. The Balaban J connectivity index is 1.69. The highest BCUT2D eigenvalue weighted by Gasteiger charge is 2.27. The van der Waals surface area contributed by atoms with Crippen molar-refractivity contribution in [3.05, 3.63) is 81.9 Å². The number of fused-ring (bicyclic) bond motifs is 1. The van der Waals surface area contributed by atoms with Gasteiger partial charge in [-0.2, -0.15) is 9.99 Å². The molecule has 1 heterocycles. The number of urea groups is 1. The standard InChI is InChI=1S/C27H28ClN5O4S/c1-5-32-23-12-11-19(28)14-22(23)31-27(32)38(36)15-20-17(3)24(37-4)16(2)13-21(20)30-26(35)33(29)25(34)18-9-7-6-8-10-18/h6-14H,5,15,29H2,1-4H3,(H,30,35). The van der Waals surface area contributed by atoms with Gasteiger partial charge in [-0.15, -0.1) is 0 Å². The van der Waals surface area contributed by atoms with E-state index < -0.39 is 23.1 Å². The number of anilines is 1. The molecule has 0 aliphatic carbocycles. The number of rotatable bonds is 7. The molecule has 1 aromatic heterocycles. The van der Waals surface area contributed by atoms with E-state index in [0.717, 1.165) is 11.1 Å². The number of aryl methyl sites for hydroxylation is 2. The third-order valence-electron chi connectivity index (χ3n) is 6.21. The fourth-order valence-corrected chi connectivity index (χ4v) is 5.96. The average molecular weight is 554 g/mol. The maximum Gasteiger partial charge on any atom is 0.343 e. The first kappa shape index (κ1) is 27.5. The maximum atomic E-state index is 13.7. The third kappa shape index (κ3) is 5.34. The first-order valence-electron chi connectivity index (χ1n) is 11.8. The zero-order valence-electron chi connectivity index (χ0n) is 21.4. The Labute approximate surface area is 228 Å². The number of methoxy groups -OCH3 is 1. The molecule has 38 heavy (non-hydrogen) atoms. The molecule has 0 saturated heterocycles. The van der Waals surface area contributed by atoms with Gasteiger partial charge in [0.2, 0.25) is 0 Å². The molecule has 4 rings (SSSR count). The lowest BCUT2D eigenvalue weighted by Gasteiger charge is -2.21. The van der Waals surface area contributed by atoms with Crippen LogP contribution in [0.15, 0.2) is 59.8 Å². The van der Waals surface area contributed by atoms with Gasteiger partial charge in [0.05, 0.1) is 23.8 Å². The van der Waals surface area contributed by atoms with Gasteiger partial charge in [0.1, 0.15) is 11.5 Å². The van der Waals surface area contributed by atoms with Gasteiger partial charge in [0.15, 0.2) is 0 Å². The Bertz CT molecular complexity index is 1510. The number of hydrogen-bond donors (Lipinski definition) is 2. The van der Waals surface area contributed by atoms with Crippen LogP contribution in [0.4, 0.5) is 10.5 Å². The minimum absolute atomic E-state index is 0.0341. The van der Waals surface area contributed by atoms with Crippen LogP contribution in [0.5, 0.6) is 5.75 Å². The van der Waals surface area contributed by atoms with Crippen molar-refractivity contribution < 1.29 is 18.9 Å². The van der Waals surface area contributed by atoms with Crippen molar-refractivity contribution in [2.75, 3.05) is 12.4 Å². The number of imidazole rings is 1. The fourth-order valence-electron chi connectivity index (χ4n) is 4.36. The van der Waals surface area contributed by atoms with Crippen molar-refractivity contribution in [3.63, 3.8) is 0 Å². The highest BCUT2D eigenvalue weighted by Crippen LogP contribution is 2.35. The summed E-state index contributed by atoms with van der Waals surface area (Å²) in [7, 11) is 1.55. The van der Waals surface area contributed by atoms with Gasteiger partial charge < -0.3 is 14.6 Å². The lowest BCUT2D eigenvalue weighted by Crippen LogP contribution is -2.45. The number of nitrogens with two attached hydrogens (primary N) is 1. The third-order valence-corrected chi connectivity index (χ3v) is 7.72. The Morgan fingerprint density at radius 2 is 1.89 bits per heavy atom. The molecule has 0 saturated carbocycles. The van der Waals surface area contributed by atoms with Gasteiger partial charge in [-0.1, -0.05) is 29.8 Å². The van der Waals surface area contributed by atoms with E-state index in [0.29, 0.717) is 49.8 Å². The van der Waals surface area contributed by atoms with Crippen molar-refractivity contribution in [2.45, 2.75) is 38.2 Å². The van der Waals surface area contributed by atoms with Gasteiger partial charge in [0.25, 0.3) is 5.91 Å². The second-order valence-electron chi connectivity index (χ2n) is 8.61. The molecule has 11 heteroatoms. The Kier molecular flexibility index (Phi) is 8.27. The molecule has 1 atom stereocenters. The van der Waals surface area contributed by atoms with Crippen LogP contribution in [-0.2, 0) is 23.5 Å². The van der Waals surface area contributed by atoms with Crippen molar-refractivity contribution >= 4 is 51.4 Å². The largest absolute Gasteiger partial charge is 0.609 e. The van der Waals surface area contributed by atoms with E-state index in [-0.39, 0.29) is 11.3 Å². The zero-order chi connectivity index (χ0) is 27.6. The predicted octanol–water partition coefficient (Wildman–Crippen LogP) is 5.19. The summed E-state index contributed by atoms with van der Waals surface area (Å²) in [6.07, 6.45) is 0. The fraction of sp³-hybridized carbons (Fsp3) is 0.222. The molecule has 0 aliphatic heterocycles. The number of aromatic nitrogens is 2. The SMILES string of the molecule is CCn1c([S+]([O-])Cc2c(NC(=O)N(N)C(=O)c3ccccc3)cc(C)c(OC)c2C)nc2cc(Cl)ccc21. The molecule has 1 unspecified atom stereocenters. The van der Waals surface area contributed by atoms with Crippen LogP contribution in [0.3, 0.4) is 0 Å². The van der Waals surface area contributed by atoms with Crippen LogP contribution < -0.4 is 15.9 Å². The number of nitrogens with zero attached hydrogens (tertiary/aromatic N) is 3. The summed E-state index contributed by atoms with van der Waals surface area (Å²) in [5.41, 5.74) is 4.15. The lowest BCUT2D eigenvalue weighted by atomic mass is 10.0. The smallest absolute Gasteiger partial charge is 0.343 e. The van der Waals surface area contributed by atoms with Crippen LogP contribution in [0.2, 0.25) is 5.02 Å². The minimum atomic E-state index is -1.60. The Morgan fingerprint density at radius 3 is 2.55 bits per heavy atom. The number of nitrogens with one attached hydrogen (secondary N) is 1. The summed E-state index contributed by atoms with van der Waals surface area (Å²) in [5.74, 6) is 5.85. The van der Waals surface area contributed by atoms with Crippen molar-refractivity contribution in [2.24, 2.45) is 5.84 Å². The van der Waals surface area contributed by atoms with E-state index in [2.05, 4.69) is 10.3 Å². The molecular formula is C27H28ClN5O4S. The highest BCUT2D eigenvalue weighted by atomic mass is 35.5. The molecule has 0 aliphatic rings. The van der Waals surface area contributed by atoms with Crippen molar-refractivity contribution in [1.29, 1.82) is 0 Å². The van der Waals surface area contributed by atoms with E-state index >= 15 is 0 Å². The van der Waals surface area contributed by atoms with Crippen LogP contribution in [0.1, 0.15) is 34.0 Å². The van der Waals surface area contributed by atoms with Crippen LogP contribution in [0.25, 0.3) is 11.0 Å². The number of ether oxygens (including phenoxy) is 1. The van der Waals surface area contributed by atoms with Gasteiger partial charge >= 0.3 is 11.2 Å². The number of imide groups is 1. The summed E-state index contributed by atoms with van der Waals surface area (Å²) in [6.45, 7) is 6.16. The van der Waals surface area contributed by atoms with E-state index in [4.69, 9.17) is 22.2 Å². The van der Waals surface area contributed by atoms with E-state index in [1.165, 1.54) is 0 Å². The first-order chi connectivity index (χ1) is 18.2. The van der Waals surface area contributed by atoms with Gasteiger partial charge in [-0.3, -0.25) is 9.36 Å². The summed E-state index contributed by atoms with van der Waals surface area (Å²) >= 11 is 4.54. The zero-order valence-corrected chi connectivity index (χ0v) is 23.0. The molecular weight excluding hydrogens is 526 g/mol. The summed E-state index contributed by atoms with van der Waals surface area (Å²) in [5, 5.41) is 4.17. The average Bonchev–Trinajstić information content (AvgIpc) is 3.28. The molecule has 0 spiro atoms. The molecule has 0 bridgehead atoms. The Morgan fingerprint density at radius 1 is 1.18 bits per heavy atom. The summed E-state index contributed by atoms with van der Waals surface area (Å²) < 4.78 is 21.2. The molecule has 9 nitrogen and oxygen atoms in total. The maximum absolute atomic E-state index is 13.7. The highest BCUT2D eigenvalue weighted by molar-refractivity contribution is 7.90. The summed E-state index contributed by atoms with van der Waals surface area (Å²) in [4.78, 5) is 30.3. The number of benzene rings is 3. The molecule has 3 N–H and O–H groups in total. The molecule has 4 aromatic rings. The van der Waals surface area contributed by atoms with Crippen LogP contribution in [0, 0.1) is 13.8 Å². The monoisotopic (exact) mass is 553 g/mol. The second kappa shape index (κ2) is 11.4. The lowest BCUT2D eigenvalue weighted by molar-refractivity contribution is 0.0811. The Hall–Kier alpha value is -3.57. The number of carbonyl (C=O) groups excluding carboxylic acids is 2. The first-order valence-corrected chi connectivity index (χ1v) is 13.5. The number of hydrogen-bond acceptors (Lipinski definition) is 6. The number of hydrazine groups is 1. The second-order valence-corrected chi connectivity index (χ2v) is 10.4. The van der Waals surface area contributed by atoms with Crippen LogP contribution >= 0.6 is 11.6 Å².